The number of nitrogens with zero attached hydrogens (tertiary/aromatic N) is 4. The van der Waals surface area contributed by atoms with Crippen molar-refractivity contribution in [2.75, 3.05) is 23.8 Å². The van der Waals surface area contributed by atoms with E-state index in [0.29, 0.717) is 12.6 Å². The van der Waals surface area contributed by atoms with Gasteiger partial charge in [0.2, 0.25) is 16.0 Å². The van der Waals surface area contributed by atoms with Crippen LogP contribution < -0.4 is 15.5 Å². The Morgan fingerprint density at radius 2 is 1.97 bits per heavy atom. The lowest BCUT2D eigenvalue weighted by atomic mass is 10.1. The number of carbonyl (C=O) groups is 1. The summed E-state index contributed by atoms with van der Waals surface area (Å²) in [6, 6.07) is 8.73. The number of imidazole rings is 1. The Morgan fingerprint density at radius 3 is 2.59 bits per heavy atom. The molecule has 0 atom stereocenters. The Balaban J connectivity index is 1.66. The minimum Gasteiger partial charge on any atom is -0.364 e. The van der Waals surface area contributed by atoms with Gasteiger partial charge in [-0.3, -0.25) is 4.79 Å². The van der Waals surface area contributed by atoms with Gasteiger partial charge in [0.05, 0.1) is 6.54 Å². The summed E-state index contributed by atoms with van der Waals surface area (Å²) in [5.41, 5.74) is 3.01. The molecule has 1 aromatic carbocycles. The third-order valence-corrected chi connectivity index (χ3v) is 5.68. The van der Waals surface area contributed by atoms with Gasteiger partial charge in [-0.1, -0.05) is 41.2 Å². The van der Waals surface area contributed by atoms with Gasteiger partial charge < -0.3 is 15.5 Å². The Morgan fingerprint density at radius 1 is 1.28 bits per heavy atom. The molecular formula is C21H28N6OS. The van der Waals surface area contributed by atoms with Gasteiger partial charge in [0.25, 0.3) is 0 Å². The lowest BCUT2D eigenvalue weighted by molar-refractivity contribution is -0.119. The van der Waals surface area contributed by atoms with Crippen molar-refractivity contribution in [3.8, 4) is 11.3 Å². The molecule has 4 rings (SSSR count). The maximum absolute atomic E-state index is 12.1. The van der Waals surface area contributed by atoms with E-state index in [9.17, 15) is 4.79 Å². The second-order valence-corrected chi connectivity index (χ2v) is 9.76. The number of amides is 1. The lowest BCUT2D eigenvalue weighted by Crippen LogP contribution is -2.36. The zero-order valence-corrected chi connectivity index (χ0v) is 18.4. The summed E-state index contributed by atoms with van der Waals surface area (Å²) in [4.78, 5) is 19.7. The molecule has 8 heteroatoms. The van der Waals surface area contributed by atoms with E-state index in [4.69, 9.17) is 10.1 Å². The maximum Gasteiger partial charge on any atom is 0.239 e. The summed E-state index contributed by atoms with van der Waals surface area (Å²) in [5.74, 6) is 0.908. The van der Waals surface area contributed by atoms with Crippen molar-refractivity contribution in [3.05, 3.63) is 29.8 Å². The van der Waals surface area contributed by atoms with Crippen LogP contribution in [0.4, 0.5) is 10.9 Å². The zero-order valence-electron chi connectivity index (χ0n) is 17.6. The quantitative estimate of drug-likeness (QED) is 0.646. The number of carbonyl (C=O) groups excluding carboxylic acids is 1. The Labute approximate surface area is 175 Å². The number of benzene rings is 1. The van der Waals surface area contributed by atoms with Crippen molar-refractivity contribution in [2.45, 2.75) is 52.1 Å². The smallest absolute Gasteiger partial charge is 0.239 e. The number of likely N-dealkylation sites (N-methyl/N-ethyl adjacent to an activating group) is 1. The maximum atomic E-state index is 12.1. The van der Waals surface area contributed by atoms with Crippen LogP contribution in [-0.2, 0) is 4.79 Å². The summed E-state index contributed by atoms with van der Waals surface area (Å²) < 4.78 is 1.86. The van der Waals surface area contributed by atoms with Gasteiger partial charge in [-0.05, 0) is 40.5 Å². The Hall–Kier alpha value is -2.61. The Kier molecular flexibility index (Phi) is 4.98. The van der Waals surface area contributed by atoms with Gasteiger partial charge in [0, 0.05) is 24.2 Å². The third-order valence-electron chi connectivity index (χ3n) is 4.66. The van der Waals surface area contributed by atoms with Crippen LogP contribution in [0.25, 0.3) is 16.2 Å². The molecule has 1 aliphatic rings. The van der Waals surface area contributed by atoms with Crippen molar-refractivity contribution < 1.29 is 4.79 Å². The first kappa shape index (κ1) is 19.7. The molecule has 2 N–H and O–H groups in total. The minimum atomic E-state index is -0.144. The van der Waals surface area contributed by atoms with Gasteiger partial charge in [0.15, 0.2) is 5.82 Å². The molecular weight excluding hydrogens is 384 g/mol. The lowest BCUT2D eigenvalue weighted by Gasteiger charge is -2.22. The molecule has 0 bridgehead atoms. The molecule has 1 aliphatic carbocycles. The average molecular weight is 413 g/mol. The molecule has 0 radical (unpaired) electrons. The second-order valence-electron chi connectivity index (χ2n) is 8.83. The van der Waals surface area contributed by atoms with Crippen LogP contribution in [0, 0.1) is 6.92 Å². The molecule has 1 amide bonds. The number of hydrogen-bond donors (Lipinski definition) is 2. The van der Waals surface area contributed by atoms with Crippen molar-refractivity contribution in [1.29, 1.82) is 0 Å². The molecule has 0 aliphatic heterocycles. The Bertz CT molecular complexity index is 1030. The van der Waals surface area contributed by atoms with Crippen LogP contribution in [0.5, 0.6) is 0 Å². The first-order valence-corrected chi connectivity index (χ1v) is 10.8. The van der Waals surface area contributed by atoms with Crippen LogP contribution in [0.3, 0.4) is 0 Å². The second kappa shape index (κ2) is 7.33. The largest absolute Gasteiger partial charge is 0.364 e. The van der Waals surface area contributed by atoms with Gasteiger partial charge in [-0.25, -0.2) is 4.98 Å². The van der Waals surface area contributed by atoms with E-state index in [1.54, 1.807) is 0 Å². The predicted molar refractivity (Wildman–Crippen MR) is 119 cm³/mol. The summed E-state index contributed by atoms with van der Waals surface area (Å²) in [6.07, 6.45) is 2.17. The summed E-state index contributed by atoms with van der Waals surface area (Å²) >= 11 is 1.49. The molecule has 0 unspecified atom stereocenters. The first-order chi connectivity index (χ1) is 13.7. The van der Waals surface area contributed by atoms with Crippen molar-refractivity contribution in [1.82, 2.24) is 19.9 Å². The monoisotopic (exact) mass is 412 g/mol. The molecule has 29 heavy (non-hydrogen) atoms. The molecule has 1 fully saturated rings. The van der Waals surface area contributed by atoms with Gasteiger partial charge in [-0.2, -0.15) is 4.52 Å². The highest BCUT2D eigenvalue weighted by Crippen LogP contribution is 2.34. The number of aryl methyl sites for hydroxylation is 1. The molecule has 0 saturated heterocycles. The van der Waals surface area contributed by atoms with E-state index in [1.165, 1.54) is 16.9 Å². The minimum absolute atomic E-state index is 0.0382. The molecule has 1 saturated carbocycles. The van der Waals surface area contributed by atoms with Crippen molar-refractivity contribution in [2.24, 2.45) is 0 Å². The van der Waals surface area contributed by atoms with E-state index in [2.05, 4.69) is 62.6 Å². The van der Waals surface area contributed by atoms with Crippen LogP contribution in [0.15, 0.2) is 24.3 Å². The fourth-order valence-corrected chi connectivity index (χ4v) is 3.92. The number of aromatic nitrogens is 3. The summed E-state index contributed by atoms with van der Waals surface area (Å²) in [5, 5.41) is 12.1. The van der Waals surface area contributed by atoms with E-state index in [1.807, 2.05) is 16.5 Å². The third kappa shape index (κ3) is 4.53. The van der Waals surface area contributed by atoms with E-state index in [-0.39, 0.29) is 11.4 Å². The van der Waals surface area contributed by atoms with E-state index < -0.39 is 0 Å². The van der Waals surface area contributed by atoms with Gasteiger partial charge >= 0.3 is 0 Å². The topological polar surface area (TPSA) is 74.6 Å². The van der Waals surface area contributed by atoms with Crippen LogP contribution in [-0.4, -0.2) is 45.7 Å². The summed E-state index contributed by atoms with van der Waals surface area (Å²) in [6.45, 7) is 8.72. The standard InChI is InChI=1S/C21H28N6OS/c1-13-6-8-14(9-7-13)17-18(24-21(2,3)4)27-19(23-17)29-20(25-27)26(5)12-16(28)22-15-10-11-15/h6-9,15,24H,10-12H2,1-5H3,(H,22,28). The molecule has 0 spiro atoms. The number of rotatable bonds is 6. The summed E-state index contributed by atoms with van der Waals surface area (Å²) in [7, 11) is 1.89. The number of fused-ring (bicyclic) bond motifs is 1. The first-order valence-electron chi connectivity index (χ1n) is 9.95. The van der Waals surface area contributed by atoms with Crippen LogP contribution in [0.1, 0.15) is 39.2 Å². The number of hydrogen-bond acceptors (Lipinski definition) is 6. The van der Waals surface area contributed by atoms with E-state index >= 15 is 0 Å². The number of anilines is 2. The molecule has 2 heterocycles. The van der Waals surface area contributed by atoms with Gasteiger partial charge in [0.1, 0.15) is 5.69 Å². The fraction of sp³-hybridized carbons (Fsp3) is 0.476. The molecule has 3 aromatic rings. The SMILES string of the molecule is Cc1ccc(-c2nc3sc(N(C)CC(=O)NC4CC4)nn3c2NC(C)(C)C)cc1. The molecule has 154 valence electrons. The van der Waals surface area contributed by atoms with Gasteiger partial charge in [-0.15, -0.1) is 5.10 Å². The van der Waals surface area contributed by atoms with E-state index in [0.717, 1.165) is 40.0 Å². The van der Waals surface area contributed by atoms with Crippen LogP contribution >= 0.6 is 11.3 Å². The fourth-order valence-electron chi connectivity index (χ4n) is 3.06. The average Bonchev–Trinajstić information content (AvgIpc) is 3.23. The molecule has 7 nitrogen and oxygen atoms in total. The normalized spacial score (nSPS) is 14.2. The molecule has 2 aromatic heterocycles. The number of nitrogens with one attached hydrogen (secondary N) is 2. The van der Waals surface area contributed by atoms with Crippen molar-refractivity contribution >= 4 is 33.2 Å². The predicted octanol–water partition coefficient (Wildman–Crippen LogP) is 3.69. The zero-order chi connectivity index (χ0) is 20.8. The van der Waals surface area contributed by atoms with Crippen LogP contribution in [0.2, 0.25) is 0 Å². The highest BCUT2D eigenvalue weighted by molar-refractivity contribution is 7.20. The van der Waals surface area contributed by atoms with Crippen molar-refractivity contribution in [3.63, 3.8) is 0 Å². The highest BCUT2D eigenvalue weighted by atomic mass is 32.1. The highest BCUT2D eigenvalue weighted by Gasteiger charge is 2.25.